The van der Waals surface area contributed by atoms with Gasteiger partial charge >= 0.3 is 0 Å². The largest absolute Gasteiger partial charge is 0.396 e. The van der Waals surface area contributed by atoms with Crippen LogP contribution in [0.5, 0.6) is 0 Å². The minimum atomic E-state index is 0.225. The SMILES string of the molecule is CCCCCCC(=O)N(C)C(CCCCO)Cc1ccccc1. The van der Waals surface area contributed by atoms with Gasteiger partial charge in [0, 0.05) is 26.1 Å². The number of benzene rings is 1. The van der Waals surface area contributed by atoms with E-state index in [1.165, 1.54) is 18.4 Å². The molecule has 0 saturated heterocycles. The number of carbonyl (C=O) groups is 1. The molecule has 0 aromatic heterocycles. The molecule has 0 radical (unpaired) electrons. The molecule has 130 valence electrons. The third kappa shape index (κ3) is 8.17. The number of carbonyl (C=O) groups excluding carboxylic acids is 1. The van der Waals surface area contributed by atoms with E-state index < -0.39 is 0 Å². The predicted octanol–water partition coefficient (Wildman–Crippen LogP) is 4.19. The molecule has 1 N–H and O–H groups in total. The highest BCUT2D eigenvalue weighted by Crippen LogP contribution is 2.16. The molecular weight excluding hydrogens is 286 g/mol. The van der Waals surface area contributed by atoms with Crippen LogP contribution in [0.25, 0.3) is 0 Å². The van der Waals surface area contributed by atoms with Gasteiger partial charge in [0.05, 0.1) is 0 Å². The molecule has 1 unspecified atom stereocenters. The number of nitrogens with zero attached hydrogens (tertiary/aromatic N) is 1. The van der Waals surface area contributed by atoms with Crippen LogP contribution in [0.3, 0.4) is 0 Å². The van der Waals surface area contributed by atoms with Gasteiger partial charge in [-0.2, -0.15) is 0 Å². The van der Waals surface area contributed by atoms with Gasteiger partial charge < -0.3 is 10.0 Å². The van der Waals surface area contributed by atoms with Gasteiger partial charge in [0.15, 0.2) is 0 Å². The first-order valence-electron chi connectivity index (χ1n) is 9.09. The topological polar surface area (TPSA) is 40.5 Å². The van der Waals surface area contributed by atoms with Gasteiger partial charge in [-0.3, -0.25) is 4.79 Å². The van der Waals surface area contributed by atoms with E-state index in [9.17, 15) is 4.79 Å². The van der Waals surface area contributed by atoms with Crippen LogP contribution in [0.15, 0.2) is 30.3 Å². The molecule has 0 aliphatic heterocycles. The first kappa shape index (κ1) is 19.7. The van der Waals surface area contributed by atoms with Gasteiger partial charge in [0.1, 0.15) is 0 Å². The highest BCUT2D eigenvalue weighted by atomic mass is 16.2. The van der Waals surface area contributed by atoms with E-state index in [1.54, 1.807) is 0 Å². The summed E-state index contributed by atoms with van der Waals surface area (Å²) in [6, 6.07) is 10.6. The summed E-state index contributed by atoms with van der Waals surface area (Å²) in [5.41, 5.74) is 1.27. The summed E-state index contributed by atoms with van der Waals surface area (Å²) < 4.78 is 0. The third-order valence-electron chi connectivity index (χ3n) is 4.44. The number of likely N-dealkylation sites (N-methyl/N-ethyl adjacent to an activating group) is 1. The molecule has 0 aliphatic carbocycles. The Labute approximate surface area is 141 Å². The lowest BCUT2D eigenvalue weighted by Gasteiger charge is -2.29. The van der Waals surface area contributed by atoms with Crippen molar-refractivity contribution in [3.05, 3.63) is 35.9 Å². The molecule has 0 aliphatic rings. The summed E-state index contributed by atoms with van der Waals surface area (Å²) in [4.78, 5) is 14.4. The Bertz CT molecular complexity index is 419. The second kappa shape index (κ2) is 12.1. The van der Waals surface area contributed by atoms with Crippen molar-refractivity contribution < 1.29 is 9.90 Å². The lowest BCUT2D eigenvalue weighted by Crippen LogP contribution is -2.38. The van der Waals surface area contributed by atoms with Crippen LogP contribution in [0.4, 0.5) is 0 Å². The fourth-order valence-electron chi connectivity index (χ4n) is 2.89. The Morgan fingerprint density at radius 3 is 2.48 bits per heavy atom. The molecule has 1 amide bonds. The third-order valence-corrected chi connectivity index (χ3v) is 4.44. The average molecular weight is 319 g/mol. The monoisotopic (exact) mass is 319 g/mol. The summed E-state index contributed by atoms with van der Waals surface area (Å²) >= 11 is 0. The van der Waals surface area contributed by atoms with Gasteiger partial charge in [-0.15, -0.1) is 0 Å². The molecule has 1 atom stereocenters. The standard InChI is InChI=1S/C20H33NO2/c1-3-4-5-9-15-20(23)21(2)19(14-10-11-16-22)17-18-12-7-6-8-13-18/h6-8,12-13,19,22H,3-5,9-11,14-17H2,1-2H3. The molecule has 0 heterocycles. The number of unbranched alkanes of at least 4 members (excludes halogenated alkanes) is 4. The van der Waals surface area contributed by atoms with E-state index in [2.05, 4.69) is 19.1 Å². The summed E-state index contributed by atoms with van der Waals surface area (Å²) in [5.74, 6) is 0.256. The Morgan fingerprint density at radius 2 is 1.83 bits per heavy atom. The van der Waals surface area contributed by atoms with Crippen molar-refractivity contribution in [2.24, 2.45) is 0 Å². The van der Waals surface area contributed by atoms with Crippen molar-refractivity contribution in [2.45, 2.75) is 70.8 Å². The van der Waals surface area contributed by atoms with Gasteiger partial charge in [-0.25, -0.2) is 0 Å². The average Bonchev–Trinajstić information content (AvgIpc) is 2.58. The van der Waals surface area contributed by atoms with Crippen LogP contribution >= 0.6 is 0 Å². The Kier molecular flexibility index (Phi) is 10.4. The second-order valence-corrected chi connectivity index (χ2v) is 6.38. The van der Waals surface area contributed by atoms with Crippen molar-refractivity contribution in [1.82, 2.24) is 4.90 Å². The molecule has 0 saturated carbocycles. The maximum atomic E-state index is 12.4. The number of hydrogen-bond acceptors (Lipinski definition) is 2. The van der Waals surface area contributed by atoms with Crippen molar-refractivity contribution in [1.29, 1.82) is 0 Å². The number of aliphatic hydroxyl groups excluding tert-OH is 1. The normalized spacial score (nSPS) is 12.1. The predicted molar refractivity (Wildman–Crippen MR) is 96.4 cm³/mol. The molecular formula is C20H33NO2. The maximum Gasteiger partial charge on any atom is 0.222 e. The Hall–Kier alpha value is -1.35. The number of aliphatic hydroxyl groups is 1. The molecule has 0 spiro atoms. The van der Waals surface area contributed by atoms with Gasteiger partial charge in [0.2, 0.25) is 5.91 Å². The minimum Gasteiger partial charge on any atom is -0.396 e. The molecule has 3 nitrogen and oxygen atoms in total. The Morgan fingerprint density at radius 1 is 1.09 bits per heavy atom. The van der Waals surface area contributed by atoms with Crippen LogP contribution < -0.4 is 0 Å². The Balaban J connectivity index is 2.56. The molecule has 23 heavy (non-hydrogen) atoms. The zero-order chi connectivity index (χ0) is 16.9. The van der Waals surface area contributed by atoms with Crippen LogP contribution in [0.2, 0.25) is 0 Å². The van der Waals surface area contributed by atoms with Crippen molar-refractivity contribution >= 4 is 5.91 Å². The van der Waals surface area contributed by atoms with Crippen molar-refractivity contribution in [3.8, 4) is 0 Å². The molecule has 0 bridgehead atoms. The van der Waals surface area contributed by atoms with Crippen molar-refractivity contribution in [2.75, 3.05) is 13.7 Å². The van der Waals surface area contributed by atoms with E-state index in [0.29, 0.717) is 6.42 Å². The molecule has 1 rings (SSSR count). The van der Waals surface area contributed by atoms with Crippen LogP contribution in [-0.4, -0.2) is 35.6 Å². The summed E-state index contributed by atoms with van der Waals surface area (Å²) in [6.07, 6.45) is 8.81. The zero-order valence-corrected chi connectivity index (χ0v) is 14.8. The second-order valence-electron chi connectivity index (χ2n) is 6.38. The quantitative estimate of drug-likeness (QED) is 0.587. The highest BCUT2D eigenvalue weighted by molar-refractivity contribution is 5.76. The smallest absolute Gasteiger partial charge is 0.222 e. The van der Waals surface area contributed by atoms with Crippen LogP contribution in [-0.2, 0) is 11.2 Å². The number of amides is 1. The molecule has 3 heteroatoms. The fraction of sp³-hybridized carbons (Fsp3) is 0.650. The first-order chi connectivity index (χ1) is 11.2. The van der Waals surface area contributed by atoms with E-state index in [1.807, 2.05) is 30.1 Å². The number of rotatable bonds is 12. The van der Waals surface area contributed by atoms with Crippen LogP contribution in [0.1, 0.15) is 63.9 Å². The molecule has 1 aromatic carbocycles. The van der Waals surface area contributed by atoms with Gasteiger partial charge in [0.25, 0.3) is 0 Å². The van der Waals surface area contributed by atoms with E-state index in [0.717, 1.165) is 38.5 Å². The van der Waals surface area contributed by atoms with E-state index in [-0.39, 0.29) is 18.6 Å². The summed E-state index contributed by atoms with van der Waals surface area (Å²) in [7, 11) is 1.94. The molecule has 0 fully saturated rings. The maximum absolute atomic E-state index is 12.4. The van der Waals surface area contributed by atoms with E-state index >= 15 is 0 Å². The van der Waals surface area contributed by atoms with Gasteiger partial charge in [-0.1, -0.05) is 56.5 Å². The van der Waals surface area contributed by atoms with Crippen molar-refractivity contribution in [3.63, 3.8) is 0 Å². The highest BCUT2D eigenvalue weighted by Gasteiger charge is 2.19. The minimum absolute atomic E-state index is 0.225. The summed E-state index contributed by atoms with van der Waals surface area (Å²) in [5, 5.41) is 9.00. The zero-order valence-electron chi connectivity index (χ0n) is 14.8. The van der Waals surface area contributed by atoms with Crippen LogP contribution in [0, 0.1) is 0 Å². The van der Waals surface area contributed by atoms with E-state index in [4.69, 9.17) is 5.11 Å². The number of hydrogen-bond donors (Lipinski definition) is 1. The first-order valence-corrected chi connectivity index (χ1v) is 9.09. The lowest BCUT2D eigenvalue weighted by atomic mass is 9.99. The van der Waals surface area contributed by atoms with Gasteiger partial charge in [-0.05, 0) is 37.7 Å². The lowest BCUT2D eigenvalue weighted by molar-refractivity contribution is -0.132. The molecule has 1 aromatic rings. The summed E-state index contributed by atoms with van der Waals surface area (Å²) in [6.45, 7) is 2.41. The fourth-order valence-corrected chi connectivity index (χ4v) is 2.89.